The quantitative estimate of drug-likeness (QED) is 0.563. The highest BCUT2D eigenvalue weighted by Gasteiger charge is 2.10. The monoisotopic (exact) mass is 243 g/mol. The average molecular weight is 243 g/mol. The maximum absolute atomic E-state index is 13.3. The van der Waals surface area contributed by atoms with Gasteiger partial charge in [0.1, 0.15) is 5.82 Å². The van der Waals surface area contributed by atoms with Crippen LogP contribution < -0.4 is 5.32 Å². The number of halogens is 1. The van der Waals surface area contributed by atoms with Gasteiger partial charge in [0.25, 0.3) is 0 Å². The topological polar surface area (TPSA) is 89.8 Å². The minimum absolute atomic E-state index is 0.00672. The third-order valence-corrected chi connectivity index (χ3v) is 2.31. The van der Waals surface area contributed by atoms with Crippen molar-refractivity contribution in [3.63, 3.8) is 0 Å². The lowest BCUT2D eigenvalue weighted by atomic mass is 10.1. The van der Waals surface area contributed by atoms with Gasteiger partial charge in [0.2, 0.25) is 0 Å². The number of benzene rings is 1. The molecule has 5 nitrogen and oxygen atoms in total. The smallest absolute Gasteiger partial charge is 0.335 e. The molecule has 0 bridgehead atoms. The summed E-state index contributed by atoms with van der Waals surface area (Å²) in [5.41, 5.74) is 0.171. The number of nitrogens with one attached hydrogen (secondary N) is 1. The molecule has 1 aromatic carbocycles. The van der Waals surface area contributed by atoms with Gasteiger partial charge in [-0.25, -0.2) is 9.18 Å². The molecule has 0 spiro atoms. The third-order valence-electron chi connectivity index (χ3n) is 2.31. The number of rotatable bonds is 6. The molecule has 0 aliphatic heterocycles. The van der Waals surface area contributed by atoms with E-state index in [4.69, 9.17) is 15.3 Å². The van der Waals surface area contributed by atoms with Crippen LogP contribution in [0.15, 0.2) is 18.2 Å². The molecule has 0 radical (unpaired) electrons. The first-order valence-corrected chi connectivity index (χ1v) is 5.05. The lowest BCUT2D eigenvalue weighted by Crippen LogP contribution is -2.35. The average Bonchev–Trinajstić information content (AvgIpc) is 2.32. The van der Waals surface area contributed by atoms with Gasteiger partial charge in [-0.2, -0.15) is 0 Å². The second-order valence-electron chi connectivity index (χ2n) is 3.55. The lowest BCUT2D eigenvalue weighted by Gasteiger charge is -2.13. The number of aromatic carboxylic acids is 1. The van der Waals surface area contributed by atoms with E-state index in [9.17, 15) is 9.18 Å². The Morgan fingerprint density at radius 1 is 1.35 bits per heavy atom. The Morgan fingerprint density at radius 2 is 2.00 bits per heavy atom. The van der Waals surface area contributed by atoms with Crippen LogP contribution in [-0.2, 0) is 6.54 Å². The van der Waals surface area contributed by atoms with Crippen molar-refractivity contribution in [2.75, 3.05) is 13.2 Å². The van der Waals surface area contributed by atoms with Crippen molar-refractivity contribution < 1.29 is 24.5 Å². The molecule has 0 saturated carbocycles. The van der Waals surface area contributed by atoms with Crippen molar-refractivity contribution in [3.05, 3.63) is 35.1 Å². The summed E-state index contributed by atoms with van der Waals surface area (Å²) in [6, 6.07) is 2.92. The summed E-state index contributed by atoms with van der Waals surface area (Å²) in [6.45, 7) is -0.522. The summed E-state index contributed by atoms with van der Waals surface area (Å²) >= 11 is 0. The fourth-order valence-corrected chi connectivity index (χ4v) is 1.28. The highest BCUT2D eigenvalue weighted by atomic mass is 19.1. The van der Waals surface area contributed by atoms with Gasteiger partial charge in [-0.1, -0.05) is 0 Å². The molecule has 0 unspecified atom stereocenters. The Kier molecular flexibility index (Phi) is 5.02. The van der Waals surface area contributed by atoms with Crippen LogP contribution in [0.3, 0.4) is 0 Å². The second-order valence-corrected chi connectivity index (χ2v) is 3.55. The van der Waals surface area contributed by atoms with Crippen molar-refractivity contribution in [2.24, 2.45) is 0 Å². The minimum atomic E-state index is -1.13. The van der Waals surface area contributed by atoms with E-state index in [-0.39, 0.29) is 30.9 Å². The second kappa shape index (κ2) is 6.29. The van der Waals surface area contributed by atoms with Gasteiger partial charge in [-0.05, 0) is 18.2 Å². The van der Waals surface area contributed by atoms with E-state index in [1.807, 2.05) is 0 Å². The van der Waals surface area contributed by atoms with Gasteiger partial charge >= 0.3 is 5.97 Å². The van der Waals surface area contributed by atoms with Crippen molar-refractivity contribution in [2.45, 2.75) is 12.6 Å². The SMILES string of the molecule is O=C(O)c1ccc(F)c(CNC(CO)CO)c1. The fraction of sp³-hybridized carbons (Fsp3) is 0.364. The molecule has 0 saturated heterocycles. The van der Waals surface area contributed by atoms with Gasteiger partial charge in [-0.15, -0.1) is 0 Å². The molecule has 94 valence electrons. The summed E-state index contributed by atoms with van der Waals surface area (Å²) < 4.78 is 13.3. The highest BCUT2D eigenvalue weighted by Crippen LogP contribution is 2.10. The van der Waals surface area contributed by atoms with E-state index in [0.717, 1.165) is 6.07 Å². The van der Waals surface area contributed by atoms with Crippen LogP contribution in [-0.4, -0.2) is 40.5 Å². The van der Waals surface area contributed by atoms with Crippen LogP contribution in [0.1, 0.15) is 15.9 Å². The summed E-state index contributed by atoms with van der Waals surface area (Å²) in [6.07, 6.45) is 0. The lowest BCUT2D eigenvalue weighted by molar-refractivity contribution is 0.0696. The normalized spacial score (nSPS) is 10.8. The number of hydrogen-bond acceptors (Lipinski definition) is 4. The molecule has 0 aliphatic carbocycles. The van der Waals surface area contributed by atoms with Crippen molar-refractivity contribution in [3.8, 4) is 0 Å². The molecule has 6 heteroatoms. The molecular weight excluding hydrogens is 229 g/mol. The summed E-state index contributed by atoms with van der Waals surface area (Å²) in [7, 11) is 0. The van der Waals surface area contributed by atoms with Crippen LogP contribution in [0.5, 0.6) is 0 Å². The first kappa shape index (κ1) is 13.6. The van der Waals surface area contributed by atoms with Crippen LogP contribution in [0.4, 0.5) is 4.39 Å². The maximum atomic E-state index is 13.3. The zero-order valence-electron chi connectivity index (χ0n) is 9.06. The summed E-state index contributed by atoms with van der Waals surface area (Å²) in [5.74, 6) is -1.66. The standard InChI is InChI=1S/C11H14FNO4/c12-10-2-1-7(11(16)17)3-8(10)4-13-9(5-14)6-15/h1-3,9,13-15H,4-6H2,(H,16,17). The molecule has 0 fully saturated rings. The molecule has 0 amide bonds. The van der Waals surface area contributed by atoms with Gasteiger partial charge in [0, 0.05) is 12.1 Å². The summed E-state index contributed by atoms with van der Waals surface area (Å²) in [5, 5.41) is 29.1. The minimum Gasteiger partial charge on any atom is -0.478 e. The predicted octanol–water partition coefficient (Wildman–Crippen LogP) is -0.0333. The van der Waals surface area contributed by atoms with Crippen LogP contribution in [0.25, 0.3) is 0 Å². The number of hydrogen-bond donors (Lipinski definition) is 4. The van der Waals surface area contributed by atoms with Gasteiger partial charge in [-0.3, -0.25) is 0 Å². The van der Waals surface area contributed by atoms with E-state index < -0.39 is 17.8 Å². The highest BCUT2D eigenvalue weighted by molar-refractivity contribution is 5.87. The molecule has 1 aromatic rings. The molecule has 0 aromatic heterocycles. The zero-order valence-corrected chi connectivity index (χ0v) is 9.06. The van der Waals surface area contributed by atoms with Crippen molar-refractivity contribution in [1.82, 2.24) is 5.32 Å². The van der Waals surface area contributed by atoms with E-state index in [1.54, 1.807) is 0 Å². The Labute approximate surface area is 97.5 Å². The number of carboxylic acid groups (broad SMARTS) is 1. The van der Waals surface area contributed by atoms with E-state index in [1.165, 1.54) is 12.1 Å². The summed E-state index contributed by atoms with van der Waals surface area (Å²) in [4.78, 5) is 10.7. The van der Waals surface area contributed by atoms with E-state index >= 15 is 0 Å². The number of carboxylic acids is 1. The molecule has 0 aliphatic rings. The van der Waals surface area contributed by atoms with Crippen LogP contribution in [0.2, 0.25) is 0 Å². The van der Waals surface area contributed by atoms with Crippen molar-refractivity contribution >= 4 is 5.97 Å². The third kappa shape index (κ3) is 3.77. The predicted molar refractivity (Wildman–Crippen MR) is 58.2 cm³/mol. The first-order valence-electron chi connectivity index (χ1n) is 5.05. The van der Waals surface area contributed by atoms with E-state index in [2.05, 4.69) is 5.32 Å². The van der Waals surface area contributed by atoms with Gasteiger partial charge in [0.05, 0.1) is 24.8 Å². The maximum Gasteiger partial charge on any atom is 0.335 e. The number of carbonyl (C=O) groups is 1. The van der Waals surface area contributed by atoms with Crippen LogP contribution >= 0.6 is 0 Å². The Bertz CT molecular complexity index is 393. The molecular formula is C11H14FNO4. The van der Waals surface area contributed by atoms with Gasteiger partial charge < -0.3 is 20.6 Å². The largest absolute Gasteiger partial charge is 0.478 e. The molecule has 17 heavy (non-hydrogen) atoms. The Morgan fingerprint density at radius 3 is 2.53 bits per heavy atom. The number of aliphatic hydroxyl groups excluding tert-OH is 2. The van der Waals surface area contributed by atoms with Gasteiger partial charge in [0.15, 0.2) is 0 Å². The number of aliphatic hydroxyl groups is 2. The van der Waals surface area contributed by atoms with Crippen molar-refractivity contribution in [1.29, 1.82) is 0 Å². The molecule has 1 rings (SSSR count). The fourth-order valence-electron chi connectivity index (χ4n) is 1.28. The Balaban J connectivity index is 2.75. The molecule has 0 heterocycles. The molecule has 4 N–H and O–H groups in total. The first-order chi connectivity index (χ1) is 8.08. The van der Waals surface area contributed by atoms with E-state index in [0.29, 0.717) is 0 Å². The molecule has 0 atom stereocenters. The zero-order chi connectivity index (χ0) is 12.8. The Hall–Kier alpha value is -1.50. The van der Waals surface area contributed by atoms with Crippen LogP contribution in [0, 0.1) is 5.82 Å².